The number of esters is 1. The van der Waals surface area contributed by atoms with Crippen LogP contribution in [0.2, 0.25) is 5.02 Å². The number of rotatable bonds is 5. The standard InChI is InChI=1S/C12H13ClFNO3/c1-2-3-12(17)18-7-11(16)15-8-4-5-10(14)9(13)6-8/h4-6H,2-3,7H2,1H3,(H,15,16). The number of carbonyl (C=O) groups excluding carboxylic acids is 2. The molecule has 0 spiro atoms. The molecule has 0 aromatic heterocycles. The molecule has 0 aliphatic heterocycles. The number of carbonyl (C=O) groups is 2. The van der Waals surface area contributed by atoms with Gasteiger partial charge in [0.25, 0.3) is 5.91 Å². The fourth-order valence-electron chi connectivity index (χ4n) is 1.19. The Morgan fingerprint density at radius 1 is 1.44 bits per heavy atom. The molecule has 1 aromatic carbocycles. The zero-order chi connectivity index (χ0) is 13.5. The summed E-state index contributed by atoms with van der Waals surface area (Å²) in [6.07, 6.45) is 0.934. The molecule has 4 nitrogen and oxygen atoms in total. The SMILES string of the molecule is CCCC(=O)OCC(=O)Nc1ccc(F)c(Cl)c1. The molecule has 98 valence electrons. The van der Waals surface area contributed by atoms with Crippen LogP contribution >= 0.6 is 11.6 Å². The van der Waals surface area contributed by atoms with Gasteiger partial charge in [-0.15, -0.1) is 0 Å². The first kappa shape index (κ1) is 14.4. The van der Waals surface area contributed by atoms with E-state index in [1.807, 2.05) is 6.92 Å². The van der Waals surface area contributed by atoms with Crippen LogP contribution in [0.3, 0.4) is 0 Å². The highest BCUT2D eigenvalue weighted by atomic mass is 35.5. The number of anilines is 1. The van der Waals surface area contributed by atoms with E-state index in [1.54, 1.807) is 0 Å². The fraction of sp³-hybridized carbons (Fsp3) is 0.333. The van der Waals surface area contributed by atoms with E-state index in [0.29, 0.717) is 12.1 Å². The molecule has 18 heavy (non-hydrogen) atoms. The van der Waals surface area contributed by atoms with Gasteiger partial charge in [0.05, 0.1) is 5.02 Å². The van der Waals surface area contributed by atoms with E-state index < -0.39 is 17.7 Å². The summed E-state index contributed by atoms with van der Waals surface area (Å²) in [5.74, 6) is -1.49. The summed E-state index contributed by atoms with van der Waals surface area (Å²) in [6.45, 7) is 1.47. The Morgan fingerprint density at radius 3 is 2.78 bits per heavy atom. The molecule has 0 unspecified atom stereocenters. The molecule has 0 aliphatic carbocycles. The highest BCUT2D eigenvalue weighted by Crippen LogP contribution is 2.19. The smallest absolute Gasteiger partial charge is 0.306 e. The Hall–Kier alpha value is -1.62. The Kier molecular flexibility index (Phi) is 5.58. The summed E-state index contributed by atoms with van der Waals surface area (Å²) < 4.78 is 17.6. The van der Waals surface area contributed by atoms with Crippen LogP contribution in [0.5, 0.6) is 0 Å². The molecule has 0 saturated heterocycles. The van der Waals surface area contributed by atoms with Crippen molar-refractivity contribution in [2.24, 2.45) is 0 Å². The van der Waals surface area contributed by atoms with E-state index >= 15 is 0 Å². The summed E-state index contributed by atoms with van der Waals surface area (Å²) in [7, 11) is 0. The second-order valence-electron chi connectivity index (χ2n) is 3.59. The maximum Gasteiger partial charge on any atom is 0.306 e. The van der Waals surface area contributed by atoms with Gasteiger partial charge in [0.2, 0.25) is 0 Å². The molecule has 0 bridgehead atoms. The second-order valence-corrected chi connectivity index (χ2v) is 3.99. The lowest BCUT2D eigenvalue weighted by Crippen LogP contribution is -2.20. The average molecular weight is 274 g/mol. The molecule has 0 radical (unpaired) electrons. The van der Waals surface area contributed by atoms with Crippen molar-refractivity contribution in [1.29, 1.82) is 0 Å². The van der Waals surface area contributed by atoms with Crippen molar-refractivity contribution in [2.45, 2.75) is 19.8 Å². The van der Waals surface area contributed by atoms with Gasteiger partial charge in [0.1, 0.15) is 5.82 Å². The van der Waals surface area contributed by atoms with Gasteiger partial charge in [0, 0.05) is 12.1 Å². The average Bonchev–Trinajstić information content (AvgIpc) is 2.32. The van der Waals surface area contributed by atoms with Crippen molar-refractivity contribution >= 4 is 29.2 Å². The van der Waals surface area contributed by atoms with Crippen molar-refractivity contribution in [3.8, 4) is 0 Å². The van der Waals surface area contributed by atoms with E-state index in [2.05, 4.69) is 5.32 Å². The molecule has 0 heterocycles. The van der Waals surface area contributed by atoms with Crippen LogP contribution in [0.1, 0.15) is 19.8 Å². The zero-order valence-corrected chi connectivity index (χ0v) is 10.6. The summed E-state index contributed by atoms with van der Waals surface area (Å²) >= 11 is 5.55. The second kappa shape index (κ2) is 6.96. The summed E-state index contributed by atoms with van der Waals surface area (Å²) in [4.78, 5) is 22.4. The number of halogens is 2. The highest BCUT2D eigenvalue weighted by Gasteiger charge is 2.08. The maximum absolute atomic E-state index is 12.9. The van der Waals surface area contributed by atoms with Crippen LogP contribution in [0.25, 0.3) is 0 Å². The van der Waals surface area contributed by atoms with Gasteiger partial charge in [-0.25, -0.2) is 4.39 Å². The van der Waals surface area contributed by atoms with Crippen molar-refractivity contribution in [1.82, 2.24) is 0 Å². The zero-order valence-electron chi connectivity index (χ0n) is 9.83. The lowest BCUT2D eigenvalue weighted by Gasteiger charge is -2.06. The van der Waals surface area contributed by atoms with E-state index in [4.69, 9.17) is 16.3 Å². The Labute approximate surface area is 109 Å². The number of hydrogen-bond acceptors (Lipinski definition) is 3. The predicted octanol–water partition coefficient (Wildman–Crippen LogP) is 2.76. The molecule has 0 aliphatic rings. The van der Waals surface area contributed by atoms with Gasteiger partial charge in [-0.05, 0) is 24.6 Å². The van der Waals surface area contributed by atoms with Crippen LogP contribution in [-0.4, -0.2) is 18.5 Å². The minimum Gasteiger partial charge on any atom is -0.456 e. The van der Waals surface area contributed by atoms with Gasteiger partial charge in [-0.3, -0.25) is 9.59 Å². The summed E-state index contributed by atoms with van der Waals surface area (Å²) in [5, 5.41) is 2.35. The Bertz CT molecular complexity index is 451. The molecule has 1 amide bonds. The van der Waals surface area contributed by atoms with Crippen molar-refractivity contribution in [3.63, 3.8) is 0 Å². The molecular weight excluding hydrogens is 261 g/mol. The molecule has 6 heteroatoms. The molecule has 0 saturated carbocycles. The van der Waals surface area contributed by atoms with Crippen LogP contribution in [-0.2, 0) is 14.3 Å². The third-order valence-electron chi connectivity index (χ3n) is 2.02. The molecule has 0 fully saturated rings. The van der Waals surface area contributed by atoms with Gasteiger partial charge < -0.3 is 10.1 Å². The van der Waals surface area contributed by atoms with Crippen molar-refractivity contribution < 1.29 is 18.7 Å². The van der Waals surface area contributed by atoms with E-state index in [9.17, 15) is 14.0 Å². The van der Waals surface area contributed by atoms with Crippen LogP contribution < -0.4 is 5.32 Å². The number of amides is 1. The first-order valence-electron chi connectivity index (χ1n) is 5.43. The minimum atomic E-state index is -0.566. The highest BCUT2D eigenvalue weighted by molar-refractivity contribution is 6.31. The molecule has 0 atom stereocenters. The molecule has 1 N–H and O–H groups in total. The van der Waals surface area contributed by atoms with Gasteiger partial charge in [-0.1, -0.05) is 18.5 Å². The summed E-state index contributed by atoms with van der Waals surface area (Å²) in [6, 6.07) is 3.79. The molecule has 1 aromatic rings. The third kappa shape index (κ3) is 4.71. The summed E-state index contributed by atoms with van der Waals surface area (Å²) in [5.41, 5.74) is 0.345. The van der Waals surface area contributed by atoms with Crippen LogP contribution in [0, 0.1) is 5.82 Å². The van der Waals surface area contributed by atoms with E-state index in [0.717, 1.165) is 6.07 Å². The fourth-order valence-corrected chi connectivity index (χ4v) is 1.37. The number of hydrogen-bond donors (Lipinski definition) is 1. The largest absolute Gasteiger partial charge is 0.456 e. The molecular formula is C12H13ClFNO3. The van der Waals surface area contributed by atoms with Gasteiger partial charge in [0.15, 0.2) is 6.61 Å². The van der Waals surface area contributed by atoms with Crippen molar-refractivity contribution in [2.75, 3.05) is 11.9 Å². The lowest BCUT2D eigenvalue weighted by molar-refractivity contribution is -0.147. The maximum atomic E-state index is 12.9. The third-order valence-corrected chi connectivity index (χ3v) is 2.31. The first-order chi connectivity index (χ1) is 8.52. The van der Waals surface area contributed by atoms with E-state index in [1.165, 1.54) is 12.1 Å². The quantitative estimate of drug-likeness (QED) is 0.839. The lowest BCUT2D eigenvalue weighted by atomic mass is 10.3. The van der Waals surface area contributed by atoms with Crippen LogP contribution in [0.15, 0.2) is 18.2 Å². The Balaban J connectivity index is 2.44. The minimum absolute atomic E-state index is 0.0872. The van der Waals surface area contributed by atoms with Crippen LogP contribution in [0.4, 0.5) is 10.1 Å². The van der Waals surface area contributed by atoms with Crippen molar-refractivity contribution in [3.05, 3.63) is 29.0 Å². The normalized spacial score (nSPS) is 9.94. The van der Waals surface area contributed by atoms with Gasteiger partial charge in [-0.2, -0.15) is 0 Å². The van der Waals surface area contributed by atoms with E-state index in [-0.39, 0.29) is 18.1 Å². The number of nitrogens with one attached hydrogen (secondary N) is 1. The first-order valence-corrected chi connectivity index (χ1v) is 5.81. The topological polar surface area (TPSA) is 55.4 Å². The number of benzene rings is 1. The molecule has 1 rings (SSSR count). The predicted molar refractivity (Wildman–Crippen MR) is 65.9 cm³/mol. The van der Waals surface area contributed by atoms with Gasteiger partial charge >= 0.3 is 5.97 Å². The Morgan fingerprint density at radius 2 is 2.17 bits per heavy atom. The monoisotopic (exact) mass is 273 g/mol. The number of ether oxygens (including phenoxy) is 1.